The van der Waals surface area contributed by atoms with Crippen molar-refractivity contribution in [3.05, 3.63) is 29.2 Å². The van der Waals surface area contributed by atoms with Crippen molar-refractivity contribution in [1.29, 1.82) is 5.26 Å². The number of carbonyl (C=O) groups is 1. The molecule has 114 valence electrons. The molecule has 2 aliphatic heterocycles. The maximum absolute atomic E-state index is 12.8. The van der Waals surface area contributed by atoms with Gasteiger partial charge in [-0.25, -0.2) is 0 Å². The fourth-order valence-electron chi connectivity index (χ4n) is 4.11. The van der Waals surface area contributed by atoms with E-state index in [1.807, 2.05) is 10.3 Å². The lowest BCUT2D eigenvalue weighted by Crippen LogP contribution is -2.40. The van der Waals surface area contributed by atoms with Crippen molar-refractivity contribution in [2.24, 2.45) is 11.8 Å². The molecule has 5 heteroatoms. The van der Waals surface area contributed by atoms with Crippen LogP contribution < -0.4 is 4.90 Å². The molecular formula is C17H19N3OS. The number of nitrogens with zero attached hydrogens (tertiary/aromatic N) is 3. The van der Waals surface area contributed by atoms with Crippen LogP contribution in [-0.2, 0) is 4.79 Å². The number of hydrogen-bond donors (Lipinski definition) is 0. The molecular weight excluding hydrogens is 294 g/mol. The zero-order chi connectivity index (χ0) is 15.1. The zero-order valence-electron chi connectivity index (χ0n) is 12.4. The Morgan fingerprint density at radius 1 is 1.23 bits per heavy atom. The molecule has 1 aromatic rings. The van der Waals surface area contributed by atoms with E-state index in [-0.39, 0.29) is 11.9 Å². The highest BCUT2D eigenvalue weighted by Gasteiger charge is 2.43. The lowest BCUT2D eigenvalue weighted by atomic mass is 9.86. The van der Waals surface area contributed by atoms with E-state index < -0.39 is 0 Å². The summed E-state index contributed by atoms with van der Waals surface area (Å²) in [6.45, 7) is 2.84. The number of anilines is 1. The maximum atomic E-state index is 12.8. The predicted molar refractivity (Wildman–Crippen MR) is 86.7 cm³/mol. The van der Waals surface area contributed by atoms with Gasteiger partial charge in [0.1, 0.15) is 11.1 Å². The van der Waals surface area contributed by atoms with E-state index in [0.29, 0.717) is 5.56 Å². The first kappa shape index (κ1) is 14.0. The highest BCUT2D eigenvalue weighted by atomic mass is 32.1. The lowest BCUT2D eigenvalue weighted by molar-refractivity contribution is -0.121. The number of allylic oxidation sites excluding steroid dienone is 2. The van der Waals surface area contributed by atoms with E-state index in [0.717, 1.165) is 55.7 Å². The third kappa shape index (κ3) is 2.18. The molecule has 2 fully saturated rings. The second-order valence-corrected chi connectivity index (χ2v) is 7.36. The Morgan fingerprint density at radius 3 is 2.64 bits per heavy atom. The molecule has 2 saturated heterocycles. The number of likely N-dealkylation sites (tertiary alicyclic amines) is 1. The first-order chi connectivity index (χ1) is 10.8. The van der Waals surface area contributed by atoms with E-state index in [1.165, 1.54) is 11.3 Å². The third-order valence-corrected chi connectivity index (χ3v) is 6.21. The Labute approximate surface area is 134 Å². The Hall–Kier alpha value is -1.64. The number of carbonyl (C=O) groups excluding carboxylic acids is 1. The number of amides is 1. The molecule has 3 aliphatic rings. The Kier molecular flexibility index (Phi) is 3.51. The molecule has 1 aromatic heterocycles. The minimum atomic E-state index is 0.0132. The van der Waals surface area contributed by atoms with Crippen LogP contribution in [0.3, 0.4) is 0 Å². The molecule has 0 bridgehead atoms. The summed E-state index contributed by atoms with van der Waals surface area (Å²) in [5, 5.41) is 11.9. The van der Waals surface area contributed by atoms with Gasteiger partial charge < -0.3 is 4.90 Å². The van der Waals surface area contributed by atoms with Crippen LogP contribution in [0.5, 0.6) is 0 Å². The Morgan fingerprint density at radius 2 is 1.95 bits per heavy atom. The summed E-state index contributed by atoms with van der Waals surface area (Å²) in [6, 6.07) is 4.01. The standard InChI is InChI=1S/C17H19N3OS/c18-9-12-6-8-22-17(12)20-7-5-15(16(20)21)19-10-13-3-1-2-4-14(13)11-19/h1-2,6,8,13-15H,3-5,7,10-11H2/t13-,14-,15+/m1/s1. The van der Waals surface area contributed by atoms with Gasteiger partial charge >= 0.3 is 0 Å². The van der Waals surface area contributed by atoms with Crippen LogP contribution in [-0.4, -0.2) is 36.5 Å². The van der Waals surface area contributed by atoms with Crippen molar-refractivity contribution in [3.63, 3.8) is 0 Å². The van der Waals surface area contributed by atoms with Crippen LogP contribution in [0.1, 0.15) is 24.8 Å². The molecule has 3 heterocycles. The van der Waals surface area contributed by atoms with Gasteiger partial charge in [0.15, 0.2) is 0 Å². The van der Waals surface area contributed by atoms with Crippen LogP contribution >= 0.6 is 11.3 Å². The predicted octanol–water partition coefficient (Wildman–Crippen LogP) is 2.62. The summed E-state index contributed by atoms with van der Waals surface area (Å²) < 4.78 is 0. The summed E-state index contributed by atoms with van der Waals surface area (Å²) in [6.07, 6.45) is 7.79. The molecule has 0 unspecified atom stereocenters. The molecule has 0 aromatic carbocycles. The average molecular weight is 313 g/mol. The van der Waals surface area contributed by atoms with Crippen molar-refractivity contribution in [2.75, 3.05) is 24.5 Å². The summed E-state index contributed by atoms with van der Waals surface area (Å²) >= 11 is 1.49. The van der Waals surface area contributed by atoms with Gasteiger partial charge in [0.2, 0.25) is 5.91 Å². The average Bonchev–Trinajstić information content (AvgIpc) is 3.23. The molecule has 0 spiro atoms. The van der Waals surface area contributed by atoms with Crippen LogP contribution in [0.25, 0.3) is 0 Å². The number of fused-ring (bicyclic) bond motifs is 1. The molecule has 0 radical (unpaired) electrons. The van der Waals surface area contributed by atoms with Crippen molar-refractivity contribution in [3.8, 4) is 6.07 Å². The zero-order valence-corrected chi connectivity index (χ0v) is 13.3. The second-order valence-electron chi connectivity index (χ2n) is 6.46. The lowest BCUT2D eigenvalue weighted by Gasteiger charge is -2.23. The monoisotopic (exact) mass is 313 g/mol. The molecule has 1 aliphatic carbocycles. The second kappa shape index (κ2) is 5.53. The van der Waals surface area contributed by atoms with Crippen molar-refractivity contribution >= 4 is 22.2 Å². The number of thiophene rings is 1. The summed E-state index contributed by atoms with van der Waals surface area (Å²) in [7, 11) is 0. The molecule has 0 N–H and O–H groups in total. The largest absolute Gasteiger partial charge is 0.301 e. The fraction of sp³-hybridized carbons (Fsp3) is 0.529. The van der Waals surface area contributed by atoms with Crippen molar-refractivity contribution < 1.29 is 4.79 Å². The van der Waals surface area contributed by atoms with E-state index in [4.69, 9.17) is 0 Å². The summed E-state index contributed by atoms with van der Waals surface area (Å²) in [4.78, 5) is 17.1. The van der Waals surface area contributed by atoms with Crippen LogP contribution in [0.15, 0.2) is 23.6 Å². The Balaban J connectivity index is 1.50. The van der Waals surface area contributed by atoms with Crippen molar-refractivity contribution in [1.82, 2.24) is 4.90 Å². The van der Waals surface area contributed by atoms with E-state index in [2.05, 4.69) is 23.1 Å². The van der Waals surface area contributed by atoms with Crippen LogP contribution in [0.4, 0.5) is 5.00 Å². The summed E-state index contributed by atoms with van der Waals surface area (Å²) in [5.74, 6) is 1.64. The number of hydrogen-bond acceptors (Lipinski definition) is 4. The van der Waals surface area contributed by atoms with E-state index in [1.54, 1.807) is 6.07 Å². The smallest absolute Gasteiger partial charge is 0.245 e. The quantitative estimate of drug-likeness (QED) is 0.789. The van der Waals surface area contributed by atoms with Gasteiger partial charge in [0.05, 0.1) is 11.6 Å². The minimum absolute atomic E-state index is 0.0132. The topological polar surface area (TPSA) is 47.3 Å². The van der Waals surface area contributed by atoms with E-state index in [9.17, 15) is 10.1 Å². The number of rotatable bonds is 2. The van der Waals surface area contributed by atoms with Gasteiger partial charge in [-0.15, -0.1) is 11.3 Å². The fourth-order valence-corrected chi connectivity index (χ4v) is 4.99. The molecule has 4 nitrogen and oxygen atoms in total. The third-order valence-electron chi connectivity index (χ3n) is 5.28. The molecule has 1 amide bonds. The molecule has 22 heavy (non-hydrogen) atoms. The van der Waals surface area contributed by atoms with Gasteiger partial charge in [0.25, 0.3) is 0 Å². The van der Waals surface area contributed by atoms with Crippen molar-refractivity contribution in [2.45, 2.75) is 25.3 Å². The minimum Gasteiger partial charge on any atom is -0.301 e. The Bertz CT molecular complexity index is 643. The normalized spacial score (nSPS) is 31.5. The molecule has 4 rings (SSSR count). The molecule has 3 atom stereocenters. The first-order valence-corrected chi connectivity index (χ1v) is 8.84. The van der Waals surface area contributed by atoms with Crippen LogP contribution in [0.2, 0.25) is 0 Å². The van der Waals surface area contributed by atoms with Gasteiger partial charge in [-0.1, -0.05) is 12.2 Å². The van der Waals surface area contributed by atoms with Crippen LogP contribution in [0, 0.1) is 23.2 Å². The highest BCUT2D eigenvalue weighted by Crippen LogP contribution is 2.37. The van der Waals surface area contributed by atoms with Gasteiger partial charge in [-0.05, 0) is 42.5 Å². The molecule has 0 saturated carbocycles. The van der Waals surface area contributed by atoms with Gasteiger partial charge in [0, 0.05) is 19.6 Å². The van der Waals surface area contributed by atoms with Gasteiger partial charge in [-0.2, -0.15) is 5.26 Å². The highest BCUT2D eigenvalue weighted by molar-refractivity contribution is 7.14. The van der Waals surface area contributed by atoms with E-state index >= 15 is 0 Å². The maximum Gasteiger partial charge on any atom is 0.245 e. The number of nitriles is 1. The summed E-state index contributed by atoms with van der Waals surface area (Å²) in [5.41, 5.74) is 0.623. The SMILES string of the molecule is N#Cc1ccsc1N1CC[C@H](N2C[C@H]3CC=CC[C@@H]3C2)C1=O. The first-order valence-electron chi connectivity index (χ1n) is 7.96. The van der Waals surface area contributed by atoms with Gasteiger partial charge in [-0.3, -0.25) is 9.69 Å².